The second-order valence-corrected chi connectivity index (χ2v) is 11.2. The quantitative estimate of drug-likeness (QED) is 0.207. The molecule has 1 heterocycles. The summed E-state index contributed by atoms with van der Waals surface area (Å²) in [5, 5.41) is 5.45. The van der Waals surface area contributed by atoms with Gasteiger partial charge < -0.3 is 10.6 Å². The summed E-state index contributed by atoms with van der Waals surface area (Å²) in [6, 6.07) is 7.33. The zero-order valence-electron chi connectivity index (χ0n) is 21.0. The zero-order chi connectivity index (χ0) is 27.0. The first-order chi connectivity index (χ1) is 17.0. The van der Waals surface area contributed by atoms with Crippen molar-refractivity contribution in [1.82, 2.24) is 20.0 Å². The maximum atomic E-state index is 12.9. The van der Waals surface area contributed by atoms with Crippen molar-refractivity contribution in [3.63, 3.8) is 0 Å². The lowest BCUT2D eigenvalue weighted by atomic mass is 10.0. The van der Waals surface area contributed by atoms with Crippen molar-refractivity contribution in [2.24, 2.45) is 0 Å². The van der Waals surface area contributed by atoms with Gasteiger partial charge in [0.05, 0.1) is 6.26 Å². The van der Waals surface area contributed by atoms with Crippen LogP contribution in [0.15, 0.2) is 41.7 Å². The number of amides is 1. The molecule has 2 aromatic rings. The first kappa shape index (κ1) is 31.6. The Labute approximate surface area is 214 Å². The molecule has 36 heavy (non-hydrogen) atoms. The van der Waals surface area contributed by atoms with Crippen molar-refractivity contribution in [1.29, 1.82) is 0 Å². The van der Waals surface area contributed by atoms with Crippen LogP contribution < -0.4 is 15.4 Å². The van der Waals surface area contributed by atoms with Crippen LogP contribution >= 0.6 is 0 Å². The van der Waals surface area contributed by atoms with Gasteiger partial charge in [-0.1, -0.05) is 44.4 Å². The van der Waals surface area contributed by atoms with E-state index in [4.69, 9.17) is 4.55 Å². The first-order valence-corrected chi connectivity index (χ1v) is 15.1. The number of aryl methyl sites for hydroxylation is 1. The van der Waals surface area contributed by atoms with Crippen LogP contribution in [0.2, 0.25) is 0 Å². The van der Waals surface area contributed by atoms with E-state index in [1.54, 1.807) is 12.1 Å². The third-order valence-electron chi connectivity index (χ3n) is 4.86. The Bertz CT molecular complexity index is 1150. The molecule has 0 atom stereocenters. The Hall–Kier alpha value is -2.45. The Balaban J connectivity index is 0.00000118. The monoisotopic (exact) mass is 543 g/mol. The summed E-state index contributed by atoms with van der Waals surface area (Å²) >= 11 is 0. The van der Waals surface area contributed by atoms with Crippen molar-refractivity contribution in [3.8, 4) is 0 Å². The lowest BCUT2D eigenvalue weighted by Crippen LogP contribution is -2.28. The number of anilines is 1. The van der Waals surface area contributed by atoms with Crippen LogP contribution in [0.25, 0.3) is 0 Å². The van der Waals surface area contributed by atoms with E-state index in [0.717, 1.165) is 57.1 Å². The molecule has 0 fully saturated rings. The fourth-order valence-electron chi connectivity index (χ4n) is 3.16. The van der Waals surface area contributed by atoms with Gasteiger partial charge in [-0.15, -0.1) is 0 Å². The Morgan fingerprint density at radius 3 is 2.19 bits per heavy atom. The van der Waals surface area contributed by atoms with Gasteiger partial charge in [-0.25, -0.2) is 23.1 Å². The molecule has 0 aliphatic rings. The number of carbonyl (C=O) groups excluding carboxylic acids is 1. The summed E-state index contributed by atoms with van der Waals surface area (Å²) in [5.41, 5.74) is 1.44. The van der Waals surface area contributed by atoms with E-state index < -0.39 is 26.0 Å². The summed E-state index contributed by atoms with van der Waals surface area (Å²) in [5.74, 6) is -0.465. The standard InChI is InChI=1S/C22H33N5O3S.CH4O3S/c1-3-4-11-18-12-7-8-13-19(18)21(28)27-20-22(25-17-16-24-20)31(29,30)26-15-10-6-5-9-14-23-2;1-5(2,3)4/h7-8,12-13,16-17,23,26H,3-6,9-11,14-15H2,1-2H3,(H,24,27,28);1H3,(H,2,3,4). The van der Waals surface area contributed by atoms with Gasteiger partial charge in [-0.05, 0) is 50.9 Å². The molecule has 0 saturated heterocycles. The van der Waals surface area contributed by atoms with Gasteiger partial charge >= 0.3 is 0 Å². The summed E-state index contributed by atoms with van der Waals surface area (Å²) in [6.07, 6.45) is 9.90. The van der Waals surface area contributed by atoms with Crippen LogP contribution in [0.5, 0.6) is 0 Å². The lowest BCUT2D eigenvalue weighted by molar-refractivity contribution is 0.102. The molecule has 13 heteroatoms. The van der Waals surface area contributed by atoms with E-state index in [0.29, 0.717) is 18.4 Å². The Morgan fingerprint density at radius 1 is 0.944 bits per heavy atom. The minimum Gasteiger partial charge on any atom is -0.320 e. The first-order valence-electron chi connectivity index (χ1n) is 11.8. The number of hydrogen-bond acceptors (Lipinski definition) is 8. The van der Waals surface area contributed by atoms with Gasteiger partial charge in [0.2, 0.25) is 5.03 Å². The fraction of sp³-hybridized carbons (Fsp3) is 0.522. The zero-order valence-corrected chi connectivity index (χ0v) is 22.7. The topological polar surface area (TPSA) is 167 Å². The molecule has 1 amide bonds. The number of aromatic nitrogens is 2. The normalized spacial score (nSPS) is 11.4. The Morgan fingerprint density at radius 2 is 1.56 bits per heavy atom. The number of sulfonamides is 1. The molecule has 0 unspecified atom stereocenters. The molecule has 0 aliphatic carbocycles. The second kappa shape index (κ2) is 16.3. The molecule has 4 N–H and O–H groups in total. The molecule has 1 aromatic heterocycles. The fourth-order valence-corrected chi connectivity index (χ4v) is 4.27. The molecule has 202 valence electrons. The van der Waals surface area contributed by atoms with Gasteiger partial charge in [0.25, 0.3) is 26.0 Å². The molecule has 0 saturated carbocycles. The average Bonchev–Trinajstić information content (AvgIpc) is 2.81. The van der Waals surface area contributed by atoms with E-state index in [2.05, 4.69) is 32.2 Å². The molecular formula is C23H37N5O6S2. The number of unbranched alkanes of at least 4 members (excludes halogenated alkanes) is 4. The number of carbonyl (C=O) groups is 1. The van der Waals surface area contributed by atoms with Crippen LogP contribution in [0, 0.1) is 0 Å². The summed E-state index contributed by atoms with van der Waals surface area (Å²) < 4.78 is 53.9. The number of benzene rings is 1. The third kappa shape index (κ3) is 13.0. The predicted octanol–water partition coefficient (Wildman–Crippen LogP) is 2.63. The average molecular weight is 544 g/mol. The van der Waals surface area contributed by atoms with Crippen LogP contribution in [0.4, 0.5) is 5.82 Å². The number of hydrogen-bond donors (Lipinski definition) is 4. The van der Waals surface area contributed by atoms with Gasteiger partial charge in [0.15, 0.2) is 5.82 Å². The van der Waals surface area contributed by atoms with Crippen LogP contribution in [0.3, 0.4) is 0 Å². The minimum atomic E-state index is -3.89. The summed E-state index contributed by atoms with van der Waals surface area (Å²) in [4.78, 5) is 20.9. The van der Waals surface area contributed by atoms with E-state index in [1.165, 1.54) is 12.4 Å². The van der Waals surface area contributed by atoms with Crippen LogP contribution in [-0.4, -0.2) is 63.7 Å². The van der Waals surface area contributed by atoms with E-state index in [-0.39, 0.29) is 10.8 Å². The highest BCUT2D eigenvalue weighted by Gasteiger charge is 2.23. The second-order valence-electron chi connectivity index (χ2n) is 8.07. The summed E-state index contributed by atoms with van der Waals surface area (Å²) in [7, 11) is -5.65. The lowest BCUT2D eigenvalue weighted by Gasteiger charge is -2.12. The van der Waals surface area contributed by atoms with Crippen molar-refractivity contribution in [2.45, 2.75) is 56.9 Å². The highest BCUT2D eigenvalue weighted by atomic mass is 32.2. The number of nitrogens with zero attached hydrogens (tertiary/aromatic N) is 2. The van der Waals surface area contributed by atoms with Gasteiger partial charge in [0, 0.05) is 24.5 Å². The SMILES string of the molecule is CCCCc1ccccc1C(=O)Nc1nccnc1S(=O)(=O)NCCCCCCNC.CS(=O)(=O)O. The molecular weight excluding hydrogens is 506 g/mol. The molecule has 0 aliphatic heterocycles. The molecule has 0 bridgehead atoms. The Kier molecular flexibility index (Phi) is 14.3. The third-order valence-corrected chi connectivity index (χ3v) is 6.25. The smallest absolute Gasteiger partial charge is 0.261 e. The van der Waals surface area contributed by atoms with Crippen LogP contribution in [0.1, 0.15) is 61.4 Å². The molecule has 0 radical (unpaired) electrons. The number of nitrogens with one attached hydrogen (secondary N) is 3. The van der Waals surface area contributed by atoms with Gasteiger partial charge in [-0.3, -0.25) is 9.35 Å². The van der Waals surface area contributed by atoms with Crippen molar-refractivity contribution < 1.29 is 26.2 Å². The van der Waals surface area contributed by atoms with E-state index in [9.17, 15) is 21.6 Å². The number of rotatable bonds is 14. The predicted molar refractivity (Wildman–Crippen MR) is 140 cm³/mol. The van der Waals surface area contributed by atoms with Crippen molar-refractivity contribution in [3.05, 3.63) is 47.8 Å². The minimum absolute atomic E-state index is 0.0701. The highest BCUT2D eigenvalue weighted by Crippen LogP contribution is 2.18. The molecule has 0 spiro atoms. The van der Waals surface area contributed by atoms with Crippen LogP contribution in [-0.2, 0) is 26.6 Å². The maximum Gasteiger partial charge on any atom is 0.261 e. The van der Waals surface area contributed by atoms with Gasteiger partial charge in [-0.2, -0.15) is 8.42 Å². The van der Waals surface area contributed by atoms with E-state index in [1.807, 2.05) is 19.2 Å². The molecule has 2 rings (SSSR count). The largest absolute Gasteiger partial charge is 0.320 e. The summed E-state index contributed by atoms with van der Waals surface area (Å²) in [6.45, 7) is 3.36. The maximum absolute atomic E-state index is 12.9. The van der Waals surface area contributed by atoms with E-state index >= 15 is 0 Å². The van der Waals surface area contributed by atoms with Gasteiger partial charge in [0.1, 0.15) is 0 Å². The molecule has 11 nitrogen and oxygen atoms in total. The van der Waals surface area contributed by atoms with Crippen molar-refractivity contribution in [2.75, 3.05) is 31.7 Å². The van der Waals surface area contributed by atoms with Crippen molar-refractivity contribution >= 4 is 31.9 Å². The molecule has 1 aromatic carbocycles. The highest BCUT2D eigenvalue weighted by molar-refractivity contribution is 7.89.